The summed E-state index contributed by atoms with van der Waals surface area (Å²) < 4.78 is 97.4. The molecule has 146 valence electrons. The number of hydrogen-bond acceptors (Lipinski definition) is 3. The summed E-state index contributed by atoms with van der Waals surface area (Å²) in [5.74, 6) is 0. The molecule has 0 rings (SSSR count). The van der Waals surface area contributed by atoms with Crippen LogP contribution in [0.4, 0.5) is 30.7 Å². The molecule has 0 atom stereocenters. The van der Waals surface area contributed by atoms with Crippen LogP contribution in [-0.2, 0) is 13.3 Å². The summed E-state index contributed by atoms with van der Waals surface area (Å²) in [5.41, 5.74) is 0. The van der Waals surface area contributed by atoms with Crippen molar-refractivity contribution in [2.24, 2.45) is 0 Å². The zero-order valence-electron chi connectivity index (χ0n) is 13.4. The van der Waals surface area contributed by atoms with E-state index in [1.165, 1.54) is 0 Å². The fraction of sp³-hybridized carbons (Fsp3) is 1.00. The van der Waals surface area contributed by atoms with Gasteiger partial charge in [-0.15, -0.1) is 26.3 Å². The lowest BCUT2D eigenvalue weighted by atomic mass is 10.1. The van der Waals surface area contributed by atoms with E-state index < -0.39 is 34.4 Å². The summed E-state index contributed by atoms with van der Waals surface area (Å²) in [6, 6.07) is -0.759. The van der Waals surface area contributed by atoms with Gasteiger partial charge in [-0.2, -0.15) is 0 Å². The zero-order chi connectivity index (χ0) is 18.7. The fourth-order valence-electron chi connectivity index (χ4n) is 2.17. The standard InChI is InChI=1S/C13H23F7O3Si/c1-2-3-4-5-6-7-8-9-10-24(21-11-14,22-12(15,16)17)23-13(18,19)20/h2-11H2,1H3. The summed E-state index contributed by atoms with van der Waals surface area (Å²) >= 11 is 0. The number of unbranched alkanes of at least 4 members (excludes halogenated alkanes) is 7. The highest BCUT2D eigenvalue weighted by Crippen LogP contribution is 2.34. The second-order valence-corrected chi connectivity index (χ2v) is 7.82. The van der Waals surface area contributed by atoms with Gasteiger partial charge in [-0.25, -0.2) is 4.39 Å². The van der Waals surface area contributed by atoms with Crippen molar-refractivity contribution in [1.29, 1.82) is 0 Å². The number of alkyl halides is 7. The first kappa shape index (κ1) is 23.6. The predicted molar refractivity (Wildman–Crippen MR) is 74.5 cm³/mol. The van der Waals surface area contributed by atoms with Crippen LogP contribution in [0.5, 0.6) is 0 Å². The third-order valence-corrected chi connectivity index (χ3v) is 5.75. The van der Waals surface area contributed by atoms with E-state index in [1.807, 2.05) is 0 Å². The highest BCUT2D eigenvalue weighted by atomic mass is 28.4. The van der Waals surface area contributed by atoms with Gasteiger partial charge in [0, 0.05) is 6.04 Å². The van der Waals surface area contributed by atoms with Crippen LogP contribution in [0.15, 0.2) is 0 Å². The molecule has 0 aromatic rings. The number of rotatable bonds is 13. The Balaban J connectivity index is 4.52. The van der Waals surface area contributed by atoms with Crippen molar-refractivity contribution in [2.45, 2.75) is 77.1 Å². The van der Waals surface area contributed by atoms with Crippen molar-refractivity contribution in [3.8, 4) is 0 Å². The Morgan fingerprint density at radius 2 is 1.12 bits per heavy atom. The Bertz CT molecular complexity index is 308. The first-order valence-corrected chi connectivity index (χ1v) is 9.70. The van der Waals surface area contributed by atoms with Crippen molar-refractivity contribution < 1.29 is 44.0 Å². The predicted octanol–water partition coefficient (Wildman–Crippen LogP) is 6.08. The molecule has 3 nitrogen and oxygen atoms in total. The number of hydrogen-bond donors (Lipinski definition) is 0. The maximum atomic E-state index is 12.4. The minimum absolute atomic E-state index is 0.0356. The van der Waals surface area contributed by atoms with E-state index in [0.717, 1.165) is 32.1 Å². The average Bonchev–Trinajstić information content (AvgIpc) is 2.38. The van der Waals surface area contributed by atoms with Gasteiger partial charge in [0.25, 0.3) is 0 Å². The molecule has 0 radical (unpaired) electrons. The molecule has 0 saturated heterocycles. The molecule has 0 amide bonds. The van der Waals surface area contributed by atoms with Gasteiger partial charge in [0.2, 0.25) is 0 Å². The van der Waals surface area contributed by atoms with Crippen molar-refractivity contribution >= 4 is 8.80 Å². The topological polar surface area (TPSA) is 27.7 Å². The highest BCUT2D eigenvalue weighted by Gasteiger charge is 2.56. The molecule has 0 saturated carbocycles. The maximum Gasteiger partial charge on any atom is 0.516 e. The van der Waals surface area contributed by atoms with E-state index >= 15 is 0 Å². The highest BCUT2D eigenvalue weighted by molar-refractivity contribution is 6.60. The zero-order valence-corrected chi connectivity index (χ0v) is 14.4. The molecule has 0 aliphatic carbocycles. The van der Waals surface area contributed by atoms with Gasteiger partial charge in [0.1, 0.15) is 0 Å². The molecule has 0 spiro atoms. The summed E-state index contributed by atoms with van der Waals surface area (Å²) in [4.78, 5) is 0. The van der Waals surface area contributed by atoms with Crippen molar-refractivity contribution in [1.82, 2.24) is 0 Å². The lowest BCUT2D eigenvalue weighted by Crippen LogP contribution is -2.52. The smallest absolute Gasteiger partial charge is 0.344 e. The van der Waals surface area contributed by atoms with Crippen LogP contribution in [0.3, 0.4) is 0 Å². The Kier molecular flexibility index (Phi) is 11.1. The van der Waals surface area contributed by atoms with E-state index in [0.29, 0.717) is 12.8 Å². The molecule has 0 unspecified atom stereocenters. The van der Waals surface area contributed by atoms with Crippen LogP contribution in [-0.4, -0.2) is 28.4 Å². The third kappa shape index (κ3) is 13.0. The lowest BCUT2D eigenvalue weighted by molar-refractivity contribution is -0.336. The Labute approximate surface area is 137 Å². The van der Waals surface area contributed by atoms with Gasteiger partial charge >= 0.3 is 21.5 Å². The maximum absolute atomic E-state index is 12.4. The summed E-state index contributed by atoms with van der Waals surface area (Å²) in [6.07, 6.45) is -4.84. The van der Waals surface area contributed by atoms with Gasteiger partial charge in [-0.1, -0.05) is 51.9 Å². The third-order valence-electron chi connectivity index (χ3n) is 3.15. The van der Waals surface area contributed by atoms with Crippen LogP contribution in [0.2, 0.25) is 6.04 Å². The number of halogens is 7. The Morgan fingerprint density at radius 3 is 1.50 bits per heavy atom. The van der Waals surface area contributed by atoms with Gasteiger partial charge in [-0.05, 0) is 6.42 Å². The SMILES string of the molecule is CCCCCCCCCC[Si](OCF)(OC(F)(F)F)OC(F)(F)F. The van der Waals surface area contributed by atoms with E-state index in [1.54, 1.807) is 0 Å². The van der Waals surface area contributed by atoms with Crippen LogP contribution in [0.25, 0.3) is 0 Å². The van der Waals surface area contributed by atoms with Gasteiger partial charge in [0.15, 0.2) is 6.86 Å². The van der Waals surface area contributed by atoms with Crippen LogP contribution in [0.1, 0.15) is 58.3 Å². The molecular weight excluding hydrogens is 365 g/mol. The summed E-state index contributed by atoms with van der Waals surface area (Å²) in [7, 11) is -5.27. The van der Waals surface area contributed by atoms with Crippen molar-refractivity contribution in [3.05, 3.63) is 0 Å². The lowest BCUT2D eigenvalue weighted by Gasteiger charge is -2.29. The molecule has 11 heteroatoms. The monoisotopic (exact) mass is 388 g/mol. The molecule has 0 aliphatic rings. The van der Waals surface area contributed by atoms with Crippen molar-refractivity contribution in [2.75, 3.05) is 6.86 Å². The van der Waals surface area contributed by atoms with E-state index in [2.05, 4.69) is 20.2 Å². The van der Waals surface area contributed by atoms with Crippen LogP contribution < -0.4 is 0 Å². The molecule has 0 fully saturated rings. The minimum Gasteiger partial charge on any atom is -0.344 e. The van der Waals surface area contributed by atoms with E-state index in [-0.39, 0.29) is 6.42 Å². The second kappa shape index (κ2) is 11.3. The molecular formula is C13H23F7O3Si. The molecule has 0 bridgehead atoms. The first-order valence-electron chi connectivity index (χ1n) is 7.77. The van der Waals surface area contributed by atoms with Gasteiger partial charge < -0.3 is 4.43 Å². The van der Waals surface area contributed by atoms with Gasteiger partial charge in [0.05, 0.1) is 0 Å². The summed E-state index contributed by atoms with van der Waals surface area (Å²) in [5, 5.41) is 0. The molecule has 0 N–H and O–H groups in total. The van der Waals surface area contributed by atoms with Crippen molar-refractivity contribution in [3.63, 3.8) is 0 Å². The Hall–Kier alpha value is -0.393. The van der Waals surface area contributed by atoms with E-state index in [4.69, 9.17) is 0 Å². The largest absolute Gasteiger partial charge is 0.516 e. The molecule has 0 aliphatic heterocycles. The molecule has 0 aromatic carbocycles. The normalized spacial score (nSPS) is 13.5. The van der Waals surface area contributed by atoms with E-state index in [9.17, 15) is 30.7 Å². The molecule has 24 heavy (non-hydrogen) atoms. The fourth-order valence-corrected chi connectivity index (χ4v) is 4.23. The average molecular weight is 388 g/mol. The van der Waals surface area contributed by atoms with Gasteiger partial charge in [-0.3, -0.25) is 8.85 Å². The first-order chi connectivity index (χ1) is 11.0. The molecule has 0 aromatic heterocycles. The second-order valence-electron chi connectivity index (χ2n) is 5.26. The summed E-state index contributed by atoms with van der Waals surface area (Å²) in [6.45, 7) is 0.200. The van der Waals surface area contributed by atoms with Crippen LogP contribution >= 0.6 is 0 Å². The quantitative estimate of drug-likeness (QED) is 0.217. The molecule has 0 heterocycles. The minimum atomic E-state index is -5.41. The Morgan fingerprint density at radius 1 is 0.708 bits per heavy atom. The van der Waals surface area contributed by atoms with Crippen LogP contribution in [0, 0.1) is 0 Å².